The van der Waals surface area contributed by atoms with E-state index < -0.39 is 6.04 Å². The van der Waals surface area contributed by atoms with Crippen molar-refractivity contribution in [3.05, 3.63) is 48.0 Å². The fourth-order valence-corrected chi connectivity index (χ4v) is 4.34. The lowest BCUT2D eigenvalue weighted by Crippen LogP contribution is -2.42. The largest absolute Gasteiger partial charge is 0.497 e. The number of rotatable bonds is 5. The first-order valence-corrected chi connectivity index (χ1v) is 11.3. The van der Waals surface area contributed by atoms with Gasteiger partial charge in [0, 0.05) is 30.6 Å². The second-order valence-electron chi connectivity index (χ2n) is 8.54. The smallest absolute Gasteiger partial charge is 0.243 e. The topological polar surface area (TPSA) is 105 Å². The molecule has 1 atom stereocenters. The van der Waals surface area contributed by atoms with Crippen molar-refractivity contribution >= 4 is 28.4 Å². The molecule has 2 aliphatic rings. The van der Waals surface area contributed by atoms with Crippen LogP contribution in [-0.2, 0) is 4.79 Å². The third-order valence-electron chi connectivity index (χ3n) is 6.27. The average molecular weight is 444 g/mol. The Morgan fingerprint density at radius 2 is 1.94 bits per heavy atom. The van der Waals surface area contributed by atoms with Crippen LogP contribution in [0.4, 0.5) is 5.95 Å². The molecule has 0 unspecified atom stereocenters. The first-order valence-electron chi connectivity index (χ1n) is 11.3. The zero-order chi connectivity index (χ0) is 22.4. The molecule has 168 valence electrons. The number of nitrogens with zero attached hydrogens (tertiary/aromatic N) is 4. The number of carbonyl (C=O) groups is 1. The molecular weight excluding hydrogens is 418 g/mol. The molecule has 3 heterocycles. The van der Waals surface area contributed by atoms with Gasteiger partial charge in [-0.1, -0.05) is 12.1 Å². The highest BCUT2D eigenvalue weighted by atomic mass is 16.5. The molecule has 0 spiro atoms. The molecular formula is C24H25N7O2. The van der Waals surface area contributed by atoms with Gasteiger partial charge >= 0.3 is 0 Å². The van der Waals surface area contributed by atoms with Crippen molar-refractivity contribution in [3.8, 4) is 17.1 Å². The maximum Gasteiger partial charge on any atom is 0.243 e. The third kappa shape index (κ3) is 3.64. The van der Waals surface area contributed by atoms with Crippen LogP contribution in [0.15, 0.2) is 42.5 Å². The maximum absolute atomic E-state index is 12.6. The lowest BCUT2D eigenvalue weighted by Gasteiger charge is -2.17. The predicted octanol–water partition coefficient (Wildman–Crippen LogP) is 2.33. The minimum atomic E-state index is -0.456. The molecule has 0 radical (unpaired) electrons. The van der Waals surface area contributed by atoms with Crippen molar-refractivity contribution in [2.45, 2.75) is 24.8 Å². The number of benzene rings is 2. The van der Waals surface area contributed by atoms with Crippen LogP contribution in [0.5, 0.6) is 5.75 Å². The molecule has 4 aromatic rings. The molecule has 2 fully saturated rings. The number of methoxy groups -OCH3 is 1. The lowest BCUT2D eigenvalue weighted by molar-refractivity contribution is -0.121. The Bertz CT molecular complexity index is 1340. The van der Waals surface area contributed by atoms with Crippen LogP contribution >= 0.6 is 0 Å². The van der Waals surface area contributed by atoms with Gasteiger partial charge in [-0.05, 0) is 54.7 Å². The molecule has 1 aliphatic carbocycles. The highest BCUT2D eigenvalue weighted by Crippen LogP contribution is 2.43. The van der Waals surface area contributed by atoms with Crippen molar-refractivity contribution in [2.24, 2.45) is 0 Å². The van der Waals surface area contributed by atoms with Gasteiger partial charge in [0.15, 0.2) is 11.5 Å². The van der Waals surface area contributed by atoms with Gasteiger partial charge in [-0.2, -0.15) is 4.52 Å². The van der Waals surface area contributed by atoms with Crippen molar-refractivity contribution in [1.29, 1.82) is 0 Å². The molecule has 3 N–H and O–H groups in total. The minimum absolute atomic E-state index is 0.0546. The van der Waals surface area contributed by atoms with E-state index in [2.05, 4.69) is 28.1 Å². The number of amides is 1. The zero-order valence-corrected chi connectivity index (χ0v) is 18.3. The molecule has 9 nitrogen and oxygen atoms in total. The molecule has 2 aromatic heterocycles. The van der Waals surface area contributed by atoms with E-state index in [1.54, 1.807) is 11.6 Å². The summed E-state index contributed by atoms with van der Waals surface area (Å²) in [5.74, 6) is 2.36. The molecule has 1 saturated carbocycles. The number of fused-ring (bicyclic) bond motifs is 3. The van der Waals surface area contributed by atoms with Crippen LogP contribution < -0.4 is 20.7 Å². The SMILES string of the molecule is COc1ccc(-c2nc3c4cccc(C5CC5)c4nc(N[C@H]4CNCCNC4=O)n3n2)cc1. The number of carbonyl (C=O) groups excluding carboxylic acids is 1. The summed E-state index contributed by atoms with van der Waals surface area (Å²) >= 11 is 0. The van der Waals surface area contributed by atoms with Gasteiger partial charge in [0.05, 0.1) is 12.6 Å². The average Bonchev–Trinajstić information content (AvgIpc) is 3.62. The highest BCUT2D eigenvalue weighted by molar-refractivity contribution is 5.95. The van der Waals surface area contributed by atoms with E-state index in [1.807, 2.05) is 30.3 Å². The molecule has 9 heteroatoms. The molecule has 1 aliphatic heterocycles. The number of para-hydroxylation sites is 1. The summed E-state index contributed by atoms with van der Waals surface area (Å²) in [5, 5.41) is 15.3. The highest BCUT2D eigenvalue weighted by Gasteiger charge is 2.28. The summed E-state index contributed by atoms with van der Waals surface area (Å²) in [6.07, 6.45) is 2.35. The Morgan fingerprint density at radius 3 is 2.73 bits per heavy atom. The van der Waals surface area contributed by atoms with E-state index in [1.165, 1.54) is 18.4 Å². The molecule has 1 amide bonds. The van der Waals surface area contributed by atoms with Crippen LogP contribution in [0, 0.1) is 0 Å². The Kier molecular flexibility index (Phi) is 4.83. The predicted molar refractivity (Wildman–Crippen MR) is 126 cm³/mol. The number of ether oxygens (including phenoxy) is 1. The first kappa shape index (κ1) is 19.9. The van der Waals surface area contributed by atoms with Gasteiger partial charge in [0.25, 0.3) is 0 Å². The summed E-state index contributed by atoms with van der Waals surface area (Å²) in [4.78, 5) is 22.5. The van der Waals surface area contributed by atoms with E-state index in [0.717, 1.165) is 34.4 Å². The van der Waals surface area contributed by atoms with Crippen molar-refractivity contribution in [3.63, 3.8) is 0 Å². The Balaban J connectivity index is 1.52. The zero-order valence-electron chi connectivity index (χ0n) is 18.3. The van der Waals surface area contributed by atoms with Gasteiger partial charge in [-0.3, -0.25) is 4.79 Å². The van der Waals surface area contributed by atoms with Crippen LogP contribution in [0.2, 0.25) is 0 Å². The number of hydrogen-bond acceptors (Lipinski definition) is 7. The standard InChI is InChI=1S/C24H25N7O2/c1-33-16-9-7-15(8-10-16)21-29-22-18-4-2-3-17(14-5-6-14)20(18)28-24(31(22)30-21)27-19-13-25-11-12-26-23(19)32/h2-4,7-10,14,19,25H,5-6,11-13H2,1H3,(H,26,32)(H,27,28)/t19-/m0/s1. The van der Waals surface area contributed by atoms with E-state index in [4.69, 9.17) is 19.8 Å². The van der Waals surface area contributed by atoms with E-state index >= 15 is 0 Å². The van der Waals surface area contributed by atoms with Gasteiger partial charge in [0.2, 0.25) is 11.9 Å². The fraction of sp³-hybridized carbons (Fsp3) is 0.333. The Morgan fingerprint density at radius 1 is 1.09 bits per heavy atom. The summed E-state index contributed by atoms with van der Waals surface area (Å²) in [6, 6.07) is 13.5. The third-order valence-corrected chi connectivity index (χ3v) is 6.27. The maximum atomic E-state index is 12.6. The Hall–Kier alpha value is -3.72. The van der Waals surface area contributed by atoms with Crippen molar-refractivity contribution in [2.75, 3.05) is 32.1 Å². The minimum Gasteiger partial charge on any atom is -0.497 e. The van der Waals surface area contributed by atoms with E-state index in [9.17, 15) is 4.79 Å². The van der Waals surface area contributed by atoms with E-state index in [-0.39, 0.29) is 5.91 Å². The van der Waals surface area contributed by atoms with Gasteiger partial charge in [-0.15, -0.1) is 5.10 Å². The second-order valence-corrected chi connectivity index (χ2v) is 8.54. The van der Waals surface area contributed by atoms with Gasteiger partial charge in [0.1, 0.15) is 11.8 Å². The number of anilines is 1. The normalized spacial score (nSPS) is 18.8. The van der Waals surface area contributed by atoms with E-state index in [0.29, 0.717) is 30.8 Å². The second kappa shape index (κ2) is 8.00. The fourth-order valence-electron chi connectivity index (χ4n) is 4.34. The molecule has 0 bridgehead atoms. The van der Waals surface area contributed by atoms with Crippen molar-refractivity contribution < 1.29 is 9.53 Å². The monoisotopic (exact) mass is 443 g/mol. The van der Waals surface area contributed by atoms with Crippen LogP contribution in [0.1, 0.15) is 24.3 Å². The molecule has 2 aromatic carbocycles. The Labute approximate surface area is 190 Å². The molecule has 1 saturated heterocycles. The van der Waals surface area contributed by atoms with Crippen molar-refractivity contribution in [1.82, 2.24) is 30.2 Å². The lowest BCUT2D eigenvalue weighted by atomic mass is 10.1. The summed E-state index contributed by atoms with van der Waals surface area (Å²) in [7, 11) is 1.64. The summed E-state index contributed by atoms with van der Waals surface area (Å²) < 4.78 is 7.00. The van der Waals surface area contributed by atoms with Gasteiger partial charge in [-0.25, -0.2) is 9.97 Å². The molecule has 6 rings (SSSR count). The number of aromatic nitrogens is 4. The van der Waals surface area contributed by atoms with Crippen LogP contribution in [-0.4, -0.2) is 58.3 Å². The molecule has 33 heavy (non-hydrogen) atoms. The summed E-state index contributed by atoms with van der Waals surface area (Å²) in [6.45, 7) is 1.85. The van der Waals surface area contributed by atoms with Crippen LogP contribution in [0.25, 0.3) is 27.9 Å². The summed E-state index contributed by atoms with van der Waals surface area (Å²) in [5.41, 5.74) is 3.75. The number of nitrogens with one attached hydrogen (secondary N) is 3. The number of hydrogen-bond donors (Lipinski definition) is 3. The quantitative estimate of drug-likeness (QED) is 0.435. The van der Waals surface area contributed by atoms with Crippen LogP contribution in [0.3, 0.4) is 0 Å². The first-order chi connectivity index (χ1) is 16.2. The van der Waals surface area contributed by atoms with Gasteiger partial charge < -0.3 is 20.7 Å².